The Morgan fingerprint density at radius 3 is 2.88 bits per heavy atom. The summed E-state index contributed by atoms with van der Waals surface area (Å²) in [4.78, 5) is 15.3. The van der Waals surface area contributed by atoms with Crippen molar-refractivity contribution < 1.29 is 13.6 Å². The molecule has 5 heteroatoms. The topological polar surface area (TPSA) is 42.0 Å². The van der Waals surface area contributed by atoms with Crippen molar-refractivity contribution in [2.45, 2.75) is 18.8 Å². The van der Waals surface area contributed by atoms with Gasteiger partial charge in [-0.3, -0.25) is 9.78 Å². The molecule has 0 bridgehead atoms. The highest BCUT2D eigenvalue weighted by molar-refractivity contribution is 5.93. The fraction of sp³-hybridized carbons (Fsp3) is 0.455. The first-order chi connectivity index (χ1) is 7.57. The highest BCUT2D eigenvalue weighted by Gasteiger charge is 2.44. The Morgan fingerprint density at radius 1 is 1.56 bits per heavy atom. The third-order valence-electron chi connectivity index (χ3n) is 2.65. The van der Waals surface area contributed by atoms with Crippen LogP contribution < -0.4 is 5.32 Å². The third-order valence-corrected chi connectivity index (χ3v) is 2.65. The molecule has 1 amide bonds. The number of amides is 1. The highest BCUT2D eigenvalue weighted by Crippen LogP contribution is 2.41. The molecule has 0 atom stereocenters. The summed E-state index contributed by atoms with van der Waals surface area (Å²) in [6.45, 7) is 0.309. The van der Waals surface area contributed by atoms with E-state index >= 15 is 0 Å². The quantitative estimate of drug-likeness (QED) is 0.854. The lowest BCUT2D eigenvalue weighted by Gasteiger charge is -2.34. The number of carbonyl (C=O) groups excluding carboxylic acids is 1. The Morgan fingerprint density at radius 2 is 2.31 bits per heavy atom. The molecule has 1 aromatic heterocycles. The summed E-state index contributed by atoms with van der Waals surface area (Å²) < 4.78 is 25.0. The van der Waals surface area contributed by atoms with Gasteiger partial charge in [-0.25, -0.2) is 8.78 Å². The Kier molecular flexibility index (Phi) is 2.85. The second-order valence-corrected chi connectivity index (χ2v) is 4.08. The van der Waals surface area contributed by atoms with Gasteiger partial charge < -0.3 is 5.32 Å². The lowest BCUT2D eigenvalue weighted by Crippen LogP contribution is -2.42. The average Bonchev–Trinajstić information content (AvgIpc) is 2.24. The van der Waals surface area contributed by atoms with Crippen LogP contribution in [0.5, 0.6) is 0 Å². The van der Waals surface area contributed by atoms with Crippen LogP contribution in [0.1, 0.15) is 23.2 Å². The molecule has 0 aliphatic heterocycles. The molecule has 86 valence electrons. The summed E-state index contributed by atoms with van der Waals surface area (Å²) in [6.07, 6.45) is 2.77. The zero-order chi connectivity index (χ0) is 11.6. The van der Waals surface area contributed by atoms with Gasteiger partial charge >= 0.3 is 0 Å². The van der Waals surface area contributed by atoms with Gasteiger partial charge in [0.1, 0.15) is 0 Å². The summed E-state index contributed by atoms with van der Waals surface area (Å²) in [5.74, 6) is -2.89. The number of nitrogens with one attached hydrogen (secondary N) is 1. The predicted molar refractivity (Wildman–Crippen MR) is 54.2 cm³/mol. The molecule has 1 fully saturated rings. The van der Waals surface area contributed by atoms with Gasteiger partial charge in [-0.15, -0.1) is 0 Å². The molecule has 0 aromatic carbocycles. The Hall–Kier alpha value is -1.52. The minimum Gasteiger partial charge on any atom is -0.352 e. The van der Waals surface area contributed by atoms with Crippen molar-refractivity contribution in [2.75, 3.05) is 6.54 Å². The molecule has 1 aliphatic rings. The lowest BCUT2D eigenvalue weighted by molar-refractivity contribution is -0.108. The molecule has 1 aliphatic carbocycles. The van der Waals surface area contributed by atoms with Gasteiger partial charge in [0.15, 0.2) is 0 Å². The summed E-state index contributed by atoms with van der Waals surface area (Å²) >= 11 is 0. The van der Waals surface area contributed by atoms with E-state index in [1.165, 1.54) is 6.20 Å². The molecule has 1 aromatic rings. The van der Waals surface area contributed by atoms with E-state index in [0.29, 0.717) is 12.1 Å². The number of hydrogen-bond donors (Lipinski definition) is 1. The number of rotatable bonds is 3. The Labute approximate surface area is 91.9 Å². The first kappa shape index (κ1) is 11.0. The number of hydrogen-bond acceptors (Lipinski definition) is 2. The zero-order valence-electron chi connectivity index (χ0n) is 8.62. The smallest absolute Gasteiger partial charge is 0.252 e. The van der Waals surface area contributed by atoms with Crippen molar-refractivity contribution in [3.05, 3.63) is 30.1 Å². The van der Waals surface area contributed by atoms with Crippen LogP contribution in [0.15, 0.2) is 24.5 Å². The Bertz CT molecular complexity index is 373. The molecular formula is C11H12F2N2O. The van der Waals surface area contributed by atoms with Crippen molar-refractivity contribution in [1.29, 1.82) is 0 Å². The monoisotopic (exact) mass is 226 g/mol. The van der Waals surface area contributed by atoms with Gasteiger partial charge in [0.25, 0.3) is 5.91 Å². The van der Waals surface area contributed by atoms with Gasteiger partial charge in [-0.2, -0.15) is 0 Å². The number of halogens is 2. The van der Waals surface area contributed by atoms with Gasteiger partial charge in [0, 0.05) is 31.8 Å². The number of carbonyl (C=O) groups is 1. The van der Waals surface area contributed by atoms with Crippen molar-refractivity contribution in [1.82, 2.24) is 10.3 Å². The fourth-order valence-electron chi connectivity index (χ4n) is 1.77. The molecule has 16 heavy (non-hydrogen) atoms. The molecule has 0 radical (unpaired) electrons. The van der Waals surface area contributed by atoms with Crippen molar-refractivity contribution in [3.63, 3.8) is 0 Å². The number of pyridine rings is 1. The van der Waals surface area contributed by atoms with Crippen LogP contribution in [0, 0.1) is 5.92 Å². The van der Waals surface area contributed by atoms with E-state index in [1.807, 2.05) is 0 Å². The van der Waals surface area contributed by atoms with Crippen LogP contribution in [-0.4, -0.2) is 23.4 Å². The largest absolute Gasteiger partial charge is 0.352 e. The first-order valence-electron chi connectivity index (χ1n) is 5.13. The minimum atomic E-state index is -2.52. The van der Waals surface area contributed by atoms with E-state index in [1.54, 1.807) is 18.3 Å². The Balaban J connectivity index is 1.77. The van der Waals surface area contributed by atoms with Crippen LogP contribution in [0.3, 0.4) is 0 Å². The van der Waals surface area contributed by atoms with Crippen molar-refractivity contribution in [3.8, 4) is 0 Å². The number of nitrogens with zero attached hydrogens (tertiary/aromatic N) is 1. The molecule has 0 saturated heterocycles. The normalized spacial score (nSPS) is 18.9. The summed E-state index contributed by atoms with van der Waals surface area (Å²) in [5.41, 5.74) is 0.452. The lowest BCUT2D eigenvalue weighted by atomic mass is 9.81. The van der Waals surface area contributed by atoms with E-state index in [4.69, 9.17) is 0 Å². The second kappa shape index (κ2) is 4.15. The van der Waals surface area contributed by atoms with Crippen molar-refractivity contribution in [2.24, 2.45) is 5.92 Å². The van der Waals surface area contributed by atoms with Crippen molar-refractivity contribution >= 4 is 5.91 Å². The molecule has 1 saturated carbocycles. The molecule has 1 heterocycles. The van der Waals surface area contributed by atoms with Crippen LogP contribution in [-0.2, 0) is 0 Å². The van der Waals surface area contributed by atoms with E-state index in [2.05, 4.69) is 10.3 Å². The fourth-order valence-corrected chi connectivity index (χ4v) is 1.77. The standard InChI is InChI=1S/C11H12F2N2O/c12-11(13)4-8(5-11)6-15-10(16)9-2-1-3-14-7-9/h1-3,7-8H,4-6H2,(H,15,16). The highest BCUT2D eigenvalue weighted by atomic mass is 19.3. The van der Waals surface area contributed by atoms with E-state index < -0.39 is 5.92 Å². The summed E-state index contributed by atoms with van der Waals surface area (Å²) in [6, 6.07) is 3.30. The van der Waals surface area contributed by atoms with Gasteiger partial charge in [0.05, 0.1) is 5.56 Å². The number of alkyl halides is 2. The SMILES string of the molecule is O=C(NCC1CC(F)(F)C1)c1cccnc1. The average molecular weight is 226 g/mol. The maximum absolute atomic E-state index is 12.5. The third kappa shape index (κ3) is 2.53. The molecule has 0 spiro atoms. The van der Waals surface area contributed by atoms with Gasteiger partial charge in [-0.1, -0.05) is 0 Å². The van der Waals surface area contributed by atoms with E-state index in [0.717, 1.165) is 0 Å². The van der Waals surface area contributed by atoms with Crippen LogP contribution in [0.4, 0.5) is 8.78 Å². The predicted octanol–water partition coefficient (Wildman–Crippen LogP) is 1.86. The molecule has 1 N–H and O–H groups in total. The van der Waals surface area contributed by atoms with Gasteiger partial charge in [0.2, 0.25) is 5.92 Å². The summed E-state index contributed by atoms with van der Waals surface area (Å²) in [5, 5.41) is 2.63. The zero-order valence-corrected chi connectivity index (χ0v) is 8.62. The van der Waals surface area contributed by atoms with Gasteiger partial charge in [-0.05, 0) is 18.1 Å². The molecule has 3 nitrogen and oxygen atoms in total. The van der Waals surface area contributed by atoms with Crippen LogP contribution >= 0.6 is 0 Å². The minimum absolute atomic E-state index is 0.101. The van der Waals surface area contributed by atoms with E-state index in [-0.39, 0.29) is 24.7 Å². The molecule has 2 rings (SSSR count). The maximum atomic E-state index is 12.5. The maximum Gasteiger partial charge on any atom is 0.252 e. The van der Waals surface area contributed by atoms with Crippen LogP contribution in [0.2, 0.25) is 0 Å². The molecule has 0 unspecified atom stereocenters. The summed E-state index contributed by atoms with van der Waals surface area (Å²) in [7, 11) is 0. The number of aromatic nitrogens is 1. The first-order valence-corrected chi connectivity index (χ1v) is 5.13. The molecular weight excluding hydrogens is 214 g/mol. The van der Waals surface area contributed by atoms with E-state index in [9.17, 15) is 13.6 Å². The second-order valence-electron chi connectivity index (χ2n) is 4.08. The van der Waals surface area contributed by atoms with Crippen LogP contribution in [0.25, 0.3) is 0 Å².